The highest BCUT2D eigenvalue weighted by molar-refractivity contribution is 9.10. The zero-order chi connectivity index (χ0) is 12.8. The summed E-state index contributed by atoms with van der Waals surface area (Å²) in [6.45, 7) is 4.85. The van der Waals surface area contributed by atoms with Crippen molar-refractivity contribution < 1.29 is 5.11 Å². The molecule has 0 saturated carbocycles. The van der Waals surface area contributed by atoms with Crippen molar-refractivity contribution in [3.8, 4) is 0 Å². The van der Waals surface area contributed by atoms with E-state index in [9.17, 15) is 5.11 Å². The van der Waals surface area contributed by atoms with Crippen molar-refractivity contribution in [2.75, 3.05) is 13.6 Å². The van der Waals surface area contributed by atoms with Crippen LogP contribution in [0.3, 0.4) is 0 Å². The molecule has 1 N–H and O–H groups in total. The molecule has 1 aliphatic rings. The van der Waals surface area contributed by atoms with Gasteiger partial charge in [0.25, 0.3) is 0 Å². The van der Waals surface area contributed by atoms with Crippen LogP contribution in [0.4, 0.5) is 0 Å². The molecule has 1 saturated heterocycles. The molecule has 2 atom stereocenters. The Hall–Kier alpha value is -0.390. The molecule has 17 heavy (non-hydrogen) atoms. The van der Waals surface area contributed by atoms with Gasteiger partial charge < -0.3 is 10.0 Å². The van der Waals surface area contributed by atoms with Crippen LogP contribution in [-0.4, -0.2) is 45.0 Å². The van der Waals surface area contributed by atoms with Crippen molar-refractivity contribution in [2.24, 2.45) is 7.05 Å². The first-order valence-electron chi connectivity index (χ1n) is 5.93. The zero-order valence-corrected chi connectivity index (χ0v) is 12.5. The van der Waals surface area contributed by atoms with Gasteiger partial charge in [0.05, 0.1) is 21.5 Å². The number of likely N-dealkylation sites (tertiary alicyclic amines) is 1. The lowest BCUT2D eigenvalue weighted by Crippen LogP contribution is -2.35. The second-order valence-corrected chi connectivity index (χ2v) is 6.13. The van der Waals surface area contributed by atoms with E-state index in [1.807, 2.05) is 18.7 Å². The molecule has 5 heteroatoms. The molecular weight excluding hydrogens is 282 g/mol. The Morgan fingerprint density at radius 1 is 1.53 bits per heavy atom. The average Bonchev–Trinajstić information content (AvgIpc) is 2.59. The summed E-state index contributed by atoms with van der Waals surface area (Å²) >= 11 is 3.55. The van der Waals surface area contributed by atoms with E-state index < -0.39 is 5.60 Å². The first-order valence-corrected chi connectivity index (χ1v) is 6.72. The summed E-state index contributed by atoms with van der Waals surface area (Å²) in [6, 6.07) is 0.438. The third-order valence-corrected chi connectivity index (χ3v) is 4.76. The number of β-amino-alcohol motifs (C(OH)–C–C–N with tert-alkyl or cyclic N) is 1. The second kappa shape index (κ2) is 4.37. The minimum absolute atomic E-state index is 0.438. The number of rotatable bonds is 2. The van der Waals surface area contributed by atoms with E-state index in [-0.39, 0.29) is 0 Å². The summed E-state index contributed by atoms with van der Waals surface area (Å²) in [6.07, 6.45) is 1.47. The largest absolute Gasteiger partial charge is 0.388 e. The van der Waals surface area contributed by atoms with Crippen LogP contribution in [0.25, 0.3) is 0 Å². The van der Waals surface area contributed by atoms with E-state index in [1.54, 1.807) is 0 Å². The van der Waals surface area contributed by atoms with Crippen LogP contribution >= 0.6 is 15.9 Å². The monoisotopic (exact) mass is 301 g/mol. The van der Waals surface area contributed by atoms with Gasteiger partial charge in [-0.1, -0.05) is 0 Å². The number of aliphatic hydroxyl groups is 1. The van der Waals surface area contributed by atoms with Gasteiger partial charge in [-0.05, 0) is 43.2 Å². The molecule has 1 aromatic rings. The smallest absolute Gasteiger partial charge is 0.0844 e. The van der Waals surface area contributed by atoms with Gasteiger partial charge in [0.1, 0.15) is 0 Å². The molecule has 0 aromatic carbocycles. The van der Waals surface area contributed by atoms with Gasteiger partial charge in [-0.25, -0.2) is 0 Å². The van der Waals surface area contributed by atoms with Crippen molar-refractivity contribution in [1.82, 2.24) is 14.7 Å². The quantitative estimate of drug-likeness (QED) is 0.900. The maximum Gasteiger partial charge on any atom is 0.0844 e. The predicted molar refractivity (Wildman–Crippen MR) is 71.0 cm³/mol. The molecular formula is C12H20BrN3O. The Bertz CT molecular complexity index is 420. The van der Waals surface area contributed by atoms with Crippen LogP contribution in [-0.2, 0) is 13.5 Å². The number of aryl methyl sites for hydroxylation is 2. The molecule has 96 valence electrons. The molecule has 1 fully saturated rings. The van der Waals surface area contributed by atoms with Crippen molar-refractivity contribution in [3.05, 3.63) is 15.9 Å². The first-order chi connectivity index (χ1) is 7.82. The van der Waals surface area contributed by atoms with E-state index in [4.69, 9.17) is 0 Å². The van der Waals surface area contributed by atoms with E-state index >= 15 is 0 Å². The Morgan fingerprint density at radius 2 is 2.18 bits per heavy atom. The third-order valence-electron chi connectivity index (χ3n) is 3.73. The SMILES string of the molecule is Cc1nn(C)c(CC2(O)CC(C)N(C)C2)c1Br. The van der Waals surface area contributed by atoms with Gasteiger partial charge in [-0.3, -0.25) is 4.68 Å². The number of hydrogen-bond acceptors (Lipinski definition) is 3. The van der Waals surface area contributed by atoms with Gasteiger partial charge >= 0.3 is 0 Å². The second-order valence-electron chi connectivity index (χ2n) is 5.34. The van der Waals surface area contributed by atoms with Crippen LogP contribution in [0.2, 0.25) is 0 Å². The standard InChI is InChI=1S/C12H20BrN3O/c1-8-5-12(17,7-15(8)3)6-10-11(13)9(2)14-16(10)4/h8,17H,5-7H2,1-4H3. The molecule has 0 aliphatic carbocycles. The fraction of sp³-hybridized carbons (Fsp3) is 0.750. The number of hydrogen-bond donors (Lipinski definition) is 1. The lowest BCUT2D eigenvalue weighted by molar-refractivity contribution is 0.0500. The molecule has 4 nitrogen and oxygen atoms in total. The summed E-state index contributed by atoms with van der Waals surface area (Å²) in [4.78, 5) is 2.21. The Morgan fingerprint density at radius 3 is 2.59 bits per heavy atom. The topological polar surface area (TPSA) is 41.3 Å². The summed E-state index contributed by atoms with van der Waals surface area (Å²) < 4.78 is 2.89. The third kappa shape index (κ3) is 2.41. The maximum absolute atomic E-state index is 10.6. The number of likely N-dealkylation sites (N-methyl/N-ethyl adjacent to an activating group) is 1. The molecule has 1 aliphatic heterocycles. The normalized spacial score (nSPS) is 30.1. The van der Waals surface area contributed by atoms with Crippen LogP contribution in [0.15, 0.2) is 4.47 Å². The van der Waals surface area contributed by atoms with E-state index in [0.717, 1.165) is 28.8 Å². The molecule has 1 aromatic heterocycles. The summed E-state index contributed by atoms with van der Waals surface area (Å²) in [5, 5.41) is 15.0. The summed E-state index contributed by atoms with van der Waals surface area (Å²) in [5.74, 6) is 0. The number of halogens is 1. The van der Waals surface area contributed by atoms with Gasteiger partial charge in [0.2, 0.25) is 0 Å². The first kappa shape index (κ1) is 13.1. The molecule has 2 heterocycles. The molecule has 0 amide bonds. The molecule has 0 radical (unpaired) electrons. The van der Waals surface area contributed by atoms with Crippen molar-refractivity contribution in [1.29, 1.82) is 0 Å². The Kier molecular flexibility index (Phi) is 3.36. The van der Waals surface area contributed by atoms with Crippen LogP contribution in [0, 0.1) is 6.92 Å². The van der Waals surface area contributed by atoms with Gasteiger partial charge in [-0.15, -0.1) is 0 Å². The fourth-order valence-corrected chi connectivity index (χ4v) is 3.18. The van der Waals surface area contributed by atoms with Crippen LogP contribution in [0.5, 0.6) is 0 Å². The lowest BCUT2D eigenvalue weighted by Gasteiger charge is -2.22. The van der Waals surface area contributed by atoms with E-state index in [2.05, 4.69) is 39.9 Å². The Balaban J connectivity index is 2.21. The Labute approximate surface area is 111 Å². The van der Waals surface area contributed by atoms with E-state index in [1.165, 1.54) is 0 Å². The molecule has 2 rings (SSSR count). The molecule has 0 spiro atoms. The minimum atomic E-state index is -0.628. The molecule has 2 unspecified atom stereocenters. The van der Waals surface area contributed by atoms with Crippen LogP contribution < -0.4 is 0 Å². The predicted octanol–water partition coefficient (Wildman–Crippen LogP) is 1.49. The maximum atomic E-state index is 10.6. The van der Waals surface area contributed by atoms with Gasteiger partial charge in [0, 0.05) is 26.1 Å². The highest BCUT2D eigenvalue weighted by Gasteiger charge is 2.40. The van der Waals surface area contributed by atoms with E-state index in [0.29, 0.717) is 12.5 Å². The number of aromatic nitrogens is 2. The summed E-state index contributed by atoms with van der Waals surface area (Å²) in [5.41, 5.74) is 1.43. The lowest BCUT2D eigenvalue weighted by atomic mass is 9.95. The van der Waals surface area contributed by atoms with Crippen LogP contribution in [0.1, 0.15) is 24.7 Å². The highest BCUT2D eigenvalue weighted by atomic mass is 79.9. The molecule has 0 bridgehead atoms. The van der Waals surface area contributed by atoms with Gasteiger partial charge in [-0.2, -0.15) is 5.10 Å². The zero-order valence-electron chi connectivity index (χ0n) is 10.9. The fourth-order valence-electron chi connectivity index (χ4n) is 2.70. The average molecular weight is 302 g/mol. The highest BCUT2D eigenvalue weighted by Crippen LogP contribution is 2.32. The van der Waals surface area contributed by atoms with Crippen molar-refractivity contribution in [3.63, 3.8) is 0 Å². The van der Waals surface area contributed by atoms with Crippen molar-refractivity contribution >= 4 is 15.9 Å². The van der Waals surface area contributed by atoms with Gasteiger partial charge in [0.15, 0.2) is 0 Å². The van der Waals surface area contributed by atoms with Crippen molar-refractivity contribution in [2.45, 2.75) is 38.3 Å². The minimum Gasteiger partial charge on any atom is -0.388 e. The summed E-state index contributed by atoms with van der Waals surface area (Å²) in [7, 11) is 3.99. The number of nitrogens with zero attached hydrogens (tertiary/aromatic N) is 3.